The van der Waals surface area contributed by atoms with Gasteiger partial charge in [-0.25, -0.2) is 9.36 Å². The highest BCUT2D eigenvalue weighted by molar-refractivity contribution is 6.74. The van der Waals surface area contributed by atoms with Crippen molar-refractivity contribution >= 4 is 28.1 Å². The zero-order chi connectivity index (χ0) is 27.1. The van der Waals surface area contributed by atoms with Crippen molar-refractivity contribution in [3.63, 3.8) is 0 Å². The number of H-pyrrole nitrogens is 1. The lowest BCUT2D eigenvalue weighted by Gasteiger charge is -2.41. The lowest BCUT2D eigenvalue weighted by Crippen LogP contribution is -2.49. The summed E-state index contributed by atoms with van der Waals surface area (Å²) >= 11 is 0. The third kappa shape index (κ3) is 5.85. The first kappa shape index (κ1) is 28.4. The molecule has 1 N–H and O–H groups in total. The molecule has 3 rings (SSSR count). The van der Waals surface area contributed by atoms with Crippen molar-refractivity contribution < 1.29 is 13.6 Å². The Kier molecular flexibility index (Phi) is 7.82. The van der Waals surface area contributed by atoms with E-state index in [0.717, 1.165) is 11.1 Å². The van der Waals surface area contributed by atoms with Gasteiger partial charge < -0.3 is 13.6 Å². The smallest absolute Gasteiger partial charge is 0.335 e. The summed E-state index contributed by atoms with van der Waals surface area (Å²) in [7, 11) is -4.33. The maximum Gasteiger partial charge on any atom is 0.335 e. The molecule has 1 aromatic heterocycles. The van der Waals surface area contributed by atoms with E-state index in [1.165, 1.54) is 16.8 Å². The highest BCUT2D eigenvalue weighted by Crippen LogP contribution is 2.45. The summed E-state index contributed by atoms with van der Waals surface area (Å²) in [4.78, 5) is 27.0. The number of benzene rings is 1. The first-order valence-electron chi connectivity index (χ1n) is 12.5. The van der Waals surface area contributed by atoms with Crippen LogP contribution in [0.15, 0.2) is 52.2 Å². The number of aromatic amines is 1. The van der Waals surface area contributed by atoms with Crippen LogP contribution in [0.2, 0.25) is 36.3 Å². The third-order valence-electron chi connectivity index (χ3n) is 7.89. The van der Waals surface area contributed by atoms with Crippen LogP contribution in [0, 0.1) is 0 Å². The second kappa shape index (κ2) is 9.92. The van der Waals surface area contributed by atoms with Gasteiger partial charge in [-0.15, -0.1) is 0 Å². The second-order valence-electron chi connectivity index (χ2n) is 12.6. The summed E-state index contributed by atoms with van der Waals surface area (Å²) in [5.41, 5.74) is 0.688. The monoisotopic (exact) mass is 530 g/mol. The van der Waals surface area contributed by atoms with Gasteiger partial charge in [0, 0.05) is 12.3 Å². The van der Waals surface area contributed by atoms with Crippen molar-refractivity contribution in [1.82, 2.24) is 9.55 Å². The Labute approximate surface area is 216 Å². The fourth-order valence-corrected chi connectivity index (χ4v) is 5.77. The number of aromatic nitrogens is 2. The van der Waals surface area contributed by atoms with E-state index in [-0.39, 0.29) is 10.1 Å². The van der Waals surface area contributed by atoms with Gasteiger partial charge >= 0.3 is 5.69 Å². The number of hydrogen-bond acceptors (Lipinski definition) is 5. The minimum atomic E-state index is -2.25. The second-order valence-corrected chi connectivity index (χ2v) is 22.2. The molecule has 1 aliphatic rings. The summed E-state index contributed by atoms with van der Waals surface area (Å²) in [6.45, 7) is 22.4. The number of ether oxygens (including phenoxy) is 1. The molecule has 36 heavy (non-hydrogen) atoms. The molecule has 0 saturated carbocycles. The minimum Gasteiger partial charge on any atom is -0.469 e. The average Bonchev–Trinajstić information content (AvgIpc) is 3.08. The van der Waals surface area contributed by atoms with Gasteiger partial charge in [-0.2, -0.15) is 0 Å². The standard InChI is InChI=1S/C27H42N2O5Si2/c1-26(2,3)35(7,8)32-18-20-23(34-36(9,10)27(4,5)6)22(19-14-12-11-13-15-19)24(33-20)29-17-16-21(30)28-25(29)31/h11-17,20,23H,18H2,1-10H3,(H,28,30,31)/t20-,23-/m1/s1. The minimum absolute atomic E-state index is 0.0305. The van der Waals surface area contributed by atoms with E-state index in [1.807, 2.05) is 30.3 Å². The van der Waals surface area contributed by atoms with Gasteiger partial charge in [0.1, 0.15) is 6.10 Å². The molecular weight excluding hydrogens is 488 g/mol. The van der Waals surface area contributed by atoms with Crippen molar-refractivity contribution in [2.75, 3.05) is 6.61 Å². The molecule has 0 unspecified atom stereocenters. The highest BCUT2D eigenvalue weighted by Gasteiger charge is 2.48. The van der Waals surface area contributed by atoms with Crippen LogP contribution >= 0.6 is 0 Å². The van der Waals surface area contributed by atoms with Crippen LogP contribution in [0.25, 0.3) is 11.5 Å². The van der Waals surface area contributed by atoms with Crippen LogP contribution in [0.5, 0.6) is 0 Å². The Morgan fingerprint density at radius 3 is 2.03 bits per heavy atom. The van der Waals surface area contributed by atoms with Gasteiger partial charge in [0.15, 0.2) is 22.7 Å². The van der Waals surface area contributed by atoms with E-state index in [4.69, 9.17) is 13.6 Å². The van der Waals surface area contributed by atoms with Crippen molar-refractivity contribution in [1.29, 1.82) is 0 Å². The molecule has 0 saturated heterocycles. The molecule has 7 nitrogen and oxygen atoms in total. The Morgan fingerprint density at radius 2 is 1.50 bits per heavy atom. The van der Waals surface area contributed by atoms with Gasteiger partial charge in [-0.1, -0.05) is 71.9 Å². The van der Waals surface area contributed by atoms with Crippen molar-refractivity contribution in [3.05, 3.63) is 69.0 Å². The predicted octanol–water partition coefficient (Wildman–Crippen LogP) is 5.67. The van der Waals surface area contributed by atoms with E-state index in [1.54, 1.807) is 0 Å². The van der Waals surface area contributed by atoms with E-state index in [9.17, 15) is 9.59 Å². The van der Waals surface area contributed by atoms with Crippen LogP contribution < -0.4 is 11.2 Å². The van der Waals surface area contributed by atoms with Gasteiger partial charge in [0.05, 0.1) is 12.2 Å². The fourth-order valence-electron chi connectivity index (χ4n) is 3.50. The molecule has 2 heterocycles. The molecule has 0 fully saturated rings. The molecule has 9 heteroatoms. The van der Waals surface area contributed by atoms with Crippen LogP contribution in [-0.4, -0.2) is 45.0 Å². The summed E-state index contributed by atoms with van der Waals surface area (Å²) in [5.74, 6) is 0.370. The van der Waals surface area contributed by atoms with Crippen LogP contribution in [0.1, 0.15) is 47.1 Å². The molecule has 2 aromatic rings. The molecule has 1 aliphatic heterocycles. The maximum atomic E-state index is 12.8. The quantitative estimate of drug-likeness (QED) is 0.466. The number of rotatable bonds is 7. The molecule has 0 radical (unpaired) electrons. The van der Waals surface area contributed by atoms with Gasteiger partial charge in [0.25, 0.3) is 5.56 Å². The van der Waals surface area contributed by atoms with E-state index in [0.29, 0.717) is 12.5 Å². The third-order valence-corrected chi connectivity index (χ3v) is 16.8. The van der Waals surface area contributed by atoms with Crippen LogP contribution in [0.3, 0.4) is 0 Å². The molecule has 0 amide bonds. The van der Waals surface area contributed by atoms with Crippen LogP contribution in [-0.2, 0) is 13.6 Å². The number of nitrogens with one attached hydrogen (secondary N) is 1. The fraction of sp³-hybridized carbons (Fsp3) is 0.556. The normalized spacial score (nSPS) is 19.5. The summed E-state index contributed by atoms with van der Waals surface area (Å²) in [6.07, 6.45) is 0.573. The van der Waals surface area contributed by atoms with Crippen molar-refractivity contribution in [3.8, 4) is 0 Å². The molecule has 0 bridgehead atoms. The summed E-state index contributed by atoms with van der Waals surface area (Å²) in [5, 5.41) is 0.00692. The number of nitrogens with zero attached hydrogens (tertiary/aromatic N) is 1. The highest BCUT2D eigenvalue weighted by atomic mass is 28.4. The van der Waals surface area contributed by atoms with Crippen molar-refractivity contribution in [2.24, 2.45) is 0 Å². The van der Waals surface area contributed by atoms with Gasteiger partial charge in [-0.05, 0) is 41.8 Å². The van der Waals surface area contributed by atoms with E-state index >= 15 is 0 Å². The topological polar surface area (TPSA) is 82.5 Å². The Bertz CT molecular complexity index is 1220. The maximum absolute atomic E-state index is 12.8. The Morgan fingerprint density at radius 1 is 0.917 bits per heavy atom. The zero-order valence-electron chi connectivity index (χ0n) is 23.4. The molecule has 1 aromatic carbocycles. The molecule has 0 spiro atoms. The lowest BCUT2D eigenvalue weighted by atomic mass is 9.99. The molecular formula is C27H42N2O5Si2. The average molecular weight is 531 g/mol. The Hall–Kier alpha value is -2.21. The molecule has 198 valence electrons. The van der Waals surface area contributed by atoms with E-state index in [2.05, 4.69) is 72.7 Å². The SMILES string of the molecule is CC(C)(C)[Si](C)(C)OC[C@H]1OC(n2ccc(=O)[nH]c2=O)=C(c2ccccc2)[C@@H]1O[Si](C)(C)C(C)(C)C. The molecule has 2 atom stereocenters. The largest absolute Gasteiger partial charge is 0.469 e. The first-order valence-corrected chi connectivity index (χ1v) is 18.4. The Balaban J connectivity index is 2.17. The molecule has 0 aliphatic carbocycles. The summed E-state index contributed by atoms with van der Waals surface area (Å²) < 4.78 is 21.5. The van der Waals surface area contributed by atoms with Gasteiger partial charge in [0.2, 0.25) is 5.88 Å². The van der Waals surface area contributed by atoms with Gasteiger partial charge in [-0.3, -0.25) is 9.78 Å². The van der Waals surface area contributed by atoms with Crippen LogP contribution in [0.4, 0.5) is 0 Å². The first-order chi connectivity index (χ1) is 16.4. The van der Waals surface area contributed by atoms with Crippen molar-refractivity contribution in [2.45, 2.75) is 90.0 Å². The predicted molar refractivity (Wildman–Crippen MR) is 151 cm³/mol. The summed E-state index contributed by atoms with van der Waals surface area (Å²) in [6, 6.07) is 11.2. The lowest BCUT2D eigenvalue weighted by molar-refractivity contribution is 0.0358. The van der Waals surface area contributed by atoms with E-state index < -0.39 is 40.1 Å². The zero-order valence-corrected chi connectivity index (χ0v) is 25.4. The number of hydrogen-bond donors (Lipinski definition) is 1.